The smallest absolute Gasteiger partial charge is 0.242 e. The molecule has 1 N–H and O–H groups in total. The van der Waals surface area contributed by atoms with E-state index in [1.165, 1.54) is 0 Å². The van der Waals surface area contributed by atoms with Crippen molar-refractivity contribution in [1.29, 1.82) is 0 Å². The van der Waals surface area contributed by atoms with Crippen LogP contribution in [0, 0.1) is 0 Å². The highest BCUT2D eigenvalue weighted by Gasteiger charge is 2.18. The van der Waals surface area contributed by atoms with Gasteiger partial charge in [-0.2, -0.15) is 0 Å². The van der Waals surface area contributed by atoms with Gasteiger partial charge >= 0.3 is 0 Å². The molecule has 0 fully saturated rings. The number of nitrogens with one attached hydrogen (secondary N) is 1. The number of rotatable bonds is 3. The fraction of sp³-hybridized carbons (Fsp3) is 0.357. The zero-order valence-electron chi connectivity index (χ0n) is 10.8. The van der Waals surface area contributed by atoms with Crippen molar-refractivity contribution in [2.75, 3.05) is 0 Å². The van der Waals surface area contributed by atoms with E-state index in [0.29, 0.717) is 5.02 Å². The summed E-state index contributed by atoms with van der Waals surface area (Å²) in [5, 5.41) is 4.63. The molecule has 2 aromatic rings. The van der Waals surface area contributed by atoms with E-state index in [0.717, 1.165) is 10.9 Å². The van der Waals surface area contributed by atoms with Crippen LogP contribution in [0.3, 0.4) is 0 Å². The monoisotopic (exact) mass is 264 g/mol. The van der Waals surface area contributed by atoms with E-state index in [1.54, 1.807) is 0 Å². The van der Waals surface area contributed by atoms with Crippen LogP contribution >= 0.6 is 11.6 Å². The molecule has 0 spiro atoms. The van der Waals surface area contributed by atoms with Crippen LogP contribution in [0.4, 0.5) is 0 Å². The van der Waals surface area contributed by atoms with Crippen molar-refractivity contribution in [3.05, 3.63) is 35.5 Å². The normalized spacial score (nSPS) is 12.9. The second-order valence-electron chi connectivity index (χ2n) is 4.74. The molecule has 3 nitrogen and oxygen atoms in total. The Morgan fingerprint density at radius 3 is 2.67 bits per heavy atom. The second kappa shape index (κ2) is 5.02. The first kappa shape index (κ1) is 13.0. The summed E-state index contributed by atoms with van der Waals surface area (Å²) in [6.45, 7) is 5.78. The summed E-state index contributed by atoms with van der Waals surface area (Å²) >= 11 is 6.21. The maximum Gasteiger partial charge on any atom is 0.242 e. The molecule has 0 saturated heterocycles. The zero-order valence-corrected chi connectivity index (χ0v) is 11.5. The Morgan fingerprint density at radius 1 is 1.28 bits per heavy atom. The molecule has 2 rings (SSSR count). The first-order valence-electron chi connectivity index (χ1n) is 6.06. The van der Waals surface area contributed by atoms with Crippen LogP contribution in [0.15, 0.2) is 30.5 Å². The molecular formula is C14H17ClN2O. The number of benzene rings is 1. The van der Waals surface area contributed by atoms with Gasteiger partial charge in [-0.05, 0) is 32.9 Å². The summed E-state index contributed by atoms with van der Waals surface area (Å²) in [6.07, 6.45) is 1.90. The molecule has 0 aliphatic carbocycles. The molecule has 1 aromatic heterocycles. The molecule has 1 heterocycles. The fourth-order valence-electron chi connectivity index (χ4n) is 2.03. The van der Waals surface area contributed by atoms with Crippen LogP contribution in [0.2, 0.25) is 5.02 Å². The number of halogens is 1. The Hall–Kier alpha value is -1.48. The van der Waals surface area contributed by atoms with Gasteiger partial charge in [0, 0.05) is 17.6 Å². The lowest BCUT2D eigenvalue weighted by atomic mass is 10.2. The van der Waals surface area contributed by atoms with E-state index < -0.39 is 0 Å². The third kappa shape index (κ3) is 2.36. The molecule has 18 heavy (non-hydrogen) atoms. The van der Waals surface area contributed by atoms with Crippen molar-refractivity contribution in [1.82, 2.24) is 9.88 Å². The van der Waals surface area contributed by atoms with Crippen molar-refractivity contribution in [2.45, 2.75) is 32.9 Å². The number of carbonyl (C=O) groups excluding carboxylic acids is 1. The van der Waals surface area contributed by atoms with E-state index in [4.69, 9.17) is 11.6 Å². The van der Waals surface area contributed by atoms with E-state index in [2.05, 4.69) is 5.32 Å². The maximum atomic E-state index is 12.0. The molecule has 0 radical (unpaired) electrons. The number of aromatic nitrogens is 1. The summed E-state index contributed by atoms with van der Waals surface area (Å²) in [4.78, 5) is 12.0. The molecular weight excluding hydrogens is 248 g/mol. The van der Waals surface area contributed by atoms with E-state index in [-0.39, 0.29) is 18.0 Å². The largest absolute Gasteiger partial charge is 0.352 e. The highest BCUT2D eigenvalue weighted by Crippen LogP contribution is 2.27. The summed E-state index contributed by atoms with van der Waals surface area (Å²) in [7, 11) is 0. The van der Waals surface area contributed by atoms with Gasteiger partial charge in [-0.3, -0.25) is 4.79 Å². The van der Waals surface area contributed by atoms with Crippen LogP contribution in [-0.4, -0.2) is 16.5 Å². The number of para-hydroxylation sites is 1. The van der Waals surface area contributed by atoms with Gasteiger partial charge in [0.25, 0.3) is 0 Å². The highest BCUT2D eigenvalue weighted by atomic mass is 35.5. The molecule has 1 atom stereocenters. The Bertz CT molecular complexity index is 574. The lowest BCUT2D eigenvalue weighted by molar-refractivity contribution is -0.124. The fourth-order valence-corrected chi connectivity index (χ4v) is 2.31. The van der Waals surface area contributed by atoms with Gasteiger partial charge in [-0.15, -0.1) is 0 Å². The molecule has 1 unspecified atom stereocenters. The average Bonchev–Trinajstić information content (AvgIpc) is 2.72. The molecule has 0 aliphatic rings. The van der Waals surface area contributed by atoms with Crippen molar-refractivity contribution < 1.29 is 4.79 Å². The number of fused-ring (bicyclic) bond motifs is 1. The predicted octanol–water partition coefficient (Wildman–Crippen LogP) is 3.38. The van der Waals surface area contributed by atoms with Crippen molar-refractivity contribution in [3.63, 3.8) is 0 Å². The molecule has 4 heteroatoms. The minimum atomic E-state index is -0.273. The molecule has 0 aliphatic heterocycles. The molecule has 0 saturated carbocycles. The summed E-state index contributed by atoms with van der Waals surface area (Å²) in [5.74, 6) is 0.00224. The zero-order chi connectivity index (χ0) is 13.3. The van der Waals surface area contributed by atoms with Gasteiger partial charge in [0.2, 0.25) is 5.91 Å². The van der Waals surface area contributed by atoms with Crippen LogP contribution in [0.25, 0.3) is 10.9 Å². The van der Waals surface area contributed by atoms with Crippen molar-refractivity contribution in [3.8, 4) is 0 Å². The van der Waals surface area contributed by atoms with Crippen molar-refractivity contribution in [2.24, 2.45) is 0 Å². The Balaban J connectivity index is 2.39. The third-order valence-corrected chi connectivity index (χ3v) is 3.22. The average molecular weight is 265 g/mol. The quantitative estimate of drug-likeness (QED) is 0.906. The standard InChI is InChI=1S/C14H17ClN2O/c1-9(2)16-14(18)10(3)17-8-7-11-5-4-6-12(15)13(11)17/h4-10H,1-3H3,(H,16,18). The van der Waals surface area contributed by atoms with Crippen LogP contribution in [0.1, 0.15) is 26.8 Å². The van der Waals surface area contributed by atoms with Gasteiger partial charge < -0.3 is 9.88 Å². The topological polar surface area (TPSA) is 34.0 Å². The van der Waals surface area contributed by atoms with Gasteiger partial charge in [0.1, 0.15) is 6.04 Å². The van der Waals surface area contributed by atoms with Crippen LogP contribution < -0.4 is 5.32 Å². The highest BCUT2D eigenvalue weighted by molar-refractivity contribution is 6.35. The lowest BCUT2D eigenvalue weighted by Gasteiger charge is -2.17. The van der Waals surface area contributed by atoms with Gasteiger partial charge in [-0.1, -0.05) is 23.7 Å². The van der Waals surface area contributed by atoms with Crippen molar-refractivity contribution >= 4 is 28.4 Å². The second-order valence-corrected chi connectivity index (χ2v) is 5.15. The molecule has 96 valence electrons. The Labute approximate surface area is 112 Å². The van der Waals surface area contributed by atoms with E-state index in [9.17, 15) is 4.79 Å². The number of nitrogens with zero attached hydrogens (tertiary/aromatic N) is 1. The number of amides is 1. The van der Waals surface area contributed by atoms with Crippen LogP contribution in [0.5, 0.6) is 0 Å². The number of hydrogen-bond acceptors (Lipinski definition) is 1. The maximum absolute atomic E-state index is 12.0. The Kier molecular flexibility index (Phi) is 3.62. The Morgan fingerprint density at radius 2 is 2.00 bits per heavy atom. The molecule has 0 bridgehead atoms. The minimum absolute atomic E-state index is 0.00224. The predicted molar refractivity (Wildman–Crippen MR) is 74.9 cm³/mol. The first-order chi connectivity index (χ1) is 8.50. The molecule has 1 amide bonds. The SMILES string of the molecule is CC(C)NC(=O)C(C)n1ccc2cccc(Cl)c21. The number of hydrogen-bond donors (Lipinski definition) is 1. The van der Waals surface area contributed by atoms with E-state index in [1.807, 2.05) is 55.8 Å². The number of carbonyl (C=O) groups is 1. The van der Waals surface area contributed by atoms with E-state index >= 15 is 0 Å². The van der Waals surface area contributed by atoms with Gasteiger partial charge in [-0.25, -0.2) is 0 Å². The lowest BCUT2D eigenvalue weighted by Crippen LogP contribution is -2.35. The van der Waals surface area contributed by atoms with Gasteiger partial charge in [0.05, 0.1) is 10.5 Å². The molecule has 1 aromatic carbocycles. The minimum Gasteiger partial charge on any atom is -0.352 e. The van der Waals surface area contributed by atoms with Gasteiger partial charge in [0.15, 0.2) is 0 Å². The summed E-state index contributed by atoms with van der Waals surface area (Å²) in [5.41, 5.74) is 0.908. The van der Waals surface area contributed by atoms with Crippen LogP contribution in [-0.2, 0) is 4.79 Å². The summed E-state index contributed by atoms with van der Waals surface area (Å²) in [6, 6.07) is 7.58. The summed E-state index contributed by atoms with van der Waals surface area (Å²) < 4.78 is 1.91. The first-order valence-corrected chi connectivity index (χ1v) is 6.44. The third-order valence-electron chi connectivity index (χ3n) is 2.92.